The summed E-state index contributed by atoms with van der Waals surface area (Å²) in [6, 6.07) is 0. The molecule has 1 N–H and O–H groups in total. The highest BCUT2D eigenvalue weighted by Gasteiger charge is 2.22. The Morgan fingerprint density at radius 2 is 2.30 bits per heavy atom. The first kappa shape index (κ1) is 15.4. The minimum atomic E-state index is 0.0605. The van der Waals surface area contributed by atoms with Gasteiger partial charge < -0.3 is 10.1 Å². The molecule has 2 atom stereocenters. The lowest BCUT2D eigenvalue weighted by Crippen LogP contribution is -2.26. The van der Waals surface area contributed by atoms with Gasteiger partial charge in [-0.05, 0) is 57.7 Å². The van der Waals surface area contributed by atoms with E-state index in [4.69, 9.17) is 9.72 Å². The van der Waals surface area contributed by atoms with E-state index in [1.807, 2.05) is 20.2 Å². The highest BCUT2D eigenvalue weighted by molar-refractivity contribution is 5.22. The van der Waals surface area contributed by atoms with Gasteiger partial charge in [-0.3, -0.25) is 0 Å². The van der Waals surface area contributed by atoms with Gasteiger partial charge in [-0.15, -0.1) is 0 Å². The summed E-state index contributed by atoms with van der Waals surface area (Å²) in [5.41, 5.74) is 2.56. The number of aromatic nitrogens is 2. The Morgan fingerprint density at radius 1 is 1.45 bits per heavy atom. The molecule has 0 fully saturated rings. The normalized spacial score (nSPS) is 19.6. The van der Waals surface area contributed by atoms with Crippen molar-refractivity contribution in [2.24, 2.45) is 5.92 Å². The highest BCUT2D eigenvalue weighted by atomic mass is 16.5. The molecule has 0 saturated heterocycles. The fourth-order valence-corrected chi connectivity index (χ4v) is 2.97. The molecule has 2 rings (SSSR count). The average Bonchev–Trinajstić information content (AvgIpc) is 2.47. The number of fused-ring (bicyclic) bond motifs is 1. The Bertz CT molecular complexity index is 416. The number of hydrogen-bond donors (Lipinski definition) is 1. The molecule has 0 saturated carbocycles. The van der Waals surface area contributed by atoms with Crippen LogP contribution in [0.15, 0.2) is 6.20 Å². The van der Waals surface area contributed by atoms with Gasteiger partial charge in [-0.25, -0.2) is 9.97 Å². The molecule has 0 radical (unpaired) electrons. The molecule has 1 aromatic heterocycles. The maximum absolute atomic E-state index is 5.78. The summed E-state index contributed by atoms with van der Waals surface area (Å²) in [6.45, 7) is 6.00. The van der Waals surface area contributed by atoms with Crippen LogP contribution in [-0.4, -0.2) is 30.2 Å². The highest BCUT2D eigenvalue weighted by Crippen LogP contribution is 2.26. The molecule has 2 unspecified atom stereocenters. The van der Waals surface area contributed by atoms with Crippen LogP contribution >= 0.6 is 0 Å². The van der Waals surface area contributed by atoms with Crippen LogP contribution < -0.4 is 5.32 Å². The molecule has 0 spiro atoms. The molecule has 1 aromatic rings. The van der Waals surface area contributed by atoms with Crippen LogP contribution in [0.3, 0.4) is 0 Å². The van der Waals surface area contributed by atoms with E-state index in [0.717, 1.165) is 50.6 Å². The second kappa shape index (κ2) is 7.70. The van der Waals surface area contributed by atoms with Gasteiger partial charge in [0.15, 0.2) is 5.82 Å². The van der Waals surface area contributed by atoms with Gasteiger partial charge in [0, 0.05) is 18.5 Å². The zero-order chi connectivity index (χ0) is 14.4. The first-order chi connectivity index (χ1) is 9.78. The van der Waals surface area contributed by atoms with Crippen LogP contribution in [0.1, 0.15) is 56.3 Å². The Hall–Kier alpha value is -1.00. The average molecular weight is 277 g/mol. The van der Waals surface area contributed by atoms with Crippen molar-refractivity contribution in [3.05, 3.63) is 23.3 Å². The summed E-state index contributed by atoms with van der Waals surface area (Å²) >= 11 is 0. The molecule has 0 aliphatic heterocycles. The topological polar surface area (TPSA) is 47.0 Å². The van der Waals surface area contributed by atoms with Crippen LogP contribution in [0.4, 0.5) is 0 Å². The van der Waals surface area contributed by atoms with Crippen LogP contribution in [0.5, 0.6) is 0 Å². The van der Waals surface area contributed by atoms with Crippen molar-refractivity contribution in [3.63, 3.8) is 0 Å². The van der Waals surface area contributed by atoms with E-state index in [9.17, 15) is 0 Å². The molecule has 4 heteroatoms. The number of rotatable bonds is 7. The number of ether oxygens (including phenoxy) is 1. The molecular weight excluding hydrogens is 250 g/mol. The third-order valence-electron chi connectivity index (χ3n) is 3.97. The molecule has 1 heterocycles. The van der Waals surface area contributed by atoms with Gasteiger partial charge in [-0.2, -0.15) is 0 Å². The minimum absolute atomic E-state index is 0.0605. The van der Waals surface area contributed by atoms with Crippen molar-refractivity contribution in [1.29, 1.82) is 0 Å². The predicted octanol–water partition coefficient (Wildman–Crippen LogP) is 2.68. The Morgan fingerprint density at radius 3 is 3.00 bits per heavy atom. The van der Waals surface area contributed by atoms with E-state index >= 15 is 0 Å². The number of nitrogens with one attached hydrogen (secondary N) is 1. The van der Waals surface area contributed by atoms with Crippen molar-refractivity contribution in [1.82, 2.24) is 15.3 Å². The molecule has 0 amide bonds. The maximum Gasteiger partial charge on any atom is 0.157 e. The smallest absolute Gasteiger partial charge is 0.157 e. The molecule has 1 aliphatic rings. The lowest BCUT2D eigenvalue weighted by atomic mass is 9.87. The largest absolute Gasteiger partial charge is 0.371 e. The standard InChI is InChI=1S/C16H27N3O/c1-4-6-15(20-5-2)16-18-11-13-9-12(10-17-3)7-8-14(13)19-16/h11-12,15,17H,4-10H2,1-3H3. The monoisotopic (exact) mass is 277 g/mol. The second-order valence-corrected chi connectivity index (χ2v) is 5.60. The van der Waals surface area contributed by atoms with E-state index in [1.165, 1.54) is 17.7 Å². The minimum Gasteiger partial charge on any atom is -0.371 e. The van der Waals surface area contributed by atoms with Crippen LogP contribution in [0.2, 0.25) is 0 Å². The summed E-state index contributed by atoms with van der Waals surface area (Å²) < 4.78 is 5.78. The summed E-state index contributed by atoms with van der Waals surface area (Å²) in [7, 11) is 2.02. The van der Waals surface area contributed by atoms with Crippen molar-refractivity contribution in [2.45, 2.75) is 52.1 Å². The number of aryl methyl sites for hydroxylation is 1. The third-order valence-corrected chi connectivity index (χ3v) is 3.97. The number of nitrogens with zero attached hydrogens (tertiary/aromatic N) is 2. The fraction of sp³-hybridized carbons (Fsp3) is 0.750. The van der Waals surface area contributed by atoms with Crippen molar-refractivity contribution in [3.8, 4) is 0 Å². The third kappa shape index (κ3) is 3.76. The number of hydrogen-bond acceptors (Lipinski definition) is 4. The van der Waals surface area contributed by atoms with E-state index in [0.29, 0.717) is 0 Å². The van der Waals surface area contributed by atoms with E-state index in [1.54, 1.807) is 0 Å². The molecule has 1 aliphatic carbocycles. The molecule has 20 heavy (non-hydrogen) atoms. The Labute approximate surface area is 122 Å². The first-order valence-corrected chi connectivity index (χ1v) is 7.89. The van der Waals surface area contributed by atoms with Crippen molar-refractivity contribution in [2.75, 3.05) is 20.2 Å². The lowest BCUT2D eigenvalue weighted by molar-refractivity contribution is 0.0491. The molecule has 0 aromatic carbocycles. The van der Waals surface area contributed by atoms with E-state index in [-0.39, 0.29) is 6.10 Å². The zero-order valence-corrected chi connectivity index (χ0v) is 13.0. The van der Waals surface area contributed by atoms with Crippen molar-refractivity contribution >= 4 is 0 Å². The van der Waals surface area contributed by atoms with Gasteiger partial charge in [0.1, 0.15) is 6.10 Å². The second-order valence-electron chi connectivity index (χ2n) is 5.60. The molecule has 0 bridgehead atoms. The van der Waals surface area contributed by atoms with Gasteiger partial charge in [0.05, 0.1) is 0 Å². The summed E-state index contributed by atoms with van der Waals surface area (Å²) in [5, 5.41) is 3.27. The van der Waals surface area contributed by atoms with Gasteiger partial charge in [-0.1, -0.05) is 13.3 Å². The van der Waals surface area contributed by atoms with Gasteiger partial charge in [0.25, 0.3) is 0 Å². The summed E-state index contributed by atoms with van der Waals surface area (Å²) in [6.07, 6.45) is 7.57. The summed E-state index contributed by atoms with van der Waals surface area (Å²) in [4.78, 5) is 9.36. The predicted molar refractivity (Wildman–Crippen MR) is 80.7 cm³/mol. The van der Waals surface area contributed by atoms with Gasteiger partial charge >= 0.3 is 0 Å². The van der Waals surface area contributed by atoms with Crippen LogP contribution in [-0.2, 0) is 17.6 Å². The SMILES string of the molecule is CCCC(OCC)c1ncc2c(n1)CCC(CNC)C2. The van der Waals surface area contributed by atoms with Crippen molar-refractivity contribution < 1.29 is 4.74 Å². The van der Waals surface area contributed by atoms with E-state index < -0.39 is 0 Å². The Balaban J connectivity index is 2.11. The summed E-state index contributed by atoms with van der Waals surface area (Å²) in [5.74, 6) is 1.60. The quantitative estimate of drug-likeness (QED) is 0.832. The van der Waals surface area contributed by atoms with Gasteiger partial charge in [0.2, 0.25) is 0 Å². The molecular formula is C16H27N3O. The first-order valence-electron chi connectivity index (χ1n) is 7.89. The fourth-order valence-electron chi connectivity index (χ4n) is 2.97. The zero-order valence-electron chi connectivity index (χ0n) is 13.0. The maximum atomic E-state index is 5.78. The Kier molecular flexibility index (Phi) is 5.92. The van der Waals surface area contributed by atoms with Crippen LogP contribution in [0, 0.1) is 5.92 Å². The molecule has 112 valence electrons. The lowest BCUT2D eigenvalue weighted by Gasteiger charge is -2.24. The van der Waals surface area contributed by atoms with Crippen LogP contribution in [0.25, 0.3) is 0 Å². The van der Waals surface area contributed by atoms with E-state index in [2.05, 4.69) is 17.2 Å². The molecule has 4 nitrogen and oxygen atoms in total.